The number of aromatic amines is 1. The van der Waals surface area contributed by atoms with Gasteiger partial charge in [-0.2, -0.15) is 0 Å². The molecule has 1 aromatic heterocycles. The van der Waals surface area contributed by atoms with Gasteiger partial charge >= 0.3 is 0 Å². The Bertz CT molecular complexity index is 442. The molecule has 0 saturated heterocycles. The first-order valence-corrected chi connectivity index (χ1v) is 4.18. The van der Waals surface area contributed by atoms with E-state index in [4.69, 9.17) is 5.11 Å². The number of nitrogens with one attached hydrogen (secondary N) is 1. The molecule has 0 spiro atoms. The number of para-hydroxylation sites is 1. The van der Waals surface area contributed by atoms with Crippen molar-refractivity contribution in [3.63, 3.8) is 0 Å². The van der Waals surface area contributed by atoms with Crippen LogP contribution in [0.3, 0.4) is 0 Å². The van der Waals surface area contributed by atoms with Gasteiger partial charge in [0, 0.05) is 22.7 Å². The number of H-pyrrole nitrogens is 1. The van der Waals surface area contributed by atoms with E-state index in [1.165, 1.54) is 0 Å². The third kappa shape index (κ3) is 1.25. The molecule has 1 aromatic carbocycles. The monoisotopic (exact) mass is 173 g/mol. The zero-order valence-electron chi connectivity index (χ0n) is 7.25. The maximum atomic E-state index is 8.95. The van der Waals surface area contributed by atoms with E-state index in [1.807, 2.05) is 30.5 Å². The number of hydrogen-bond donors (Lipinski definition) is 2. The summed E-state index contributed by atoms with van der Waals surface area (Å²) < 4.78 is 0. The first-order valence-electron chi connectivity index (χ1n) is 4.18. The average Bonchev–Trinajstić information content (AvgIpc) is 2.60. The predicted octanol–water partition coefficient (Wildman–Crippen LogP) is 2.17. The fourth-order valence-corrected chi connectivity index (χ4v) is 1.45. The Morgan fingerprint density at radius 2 is 2.15 bits per heavy atom. The Morgan fingerprint density at radius 1 is 1.38 bits per heavy atom. The molecule has 0 aliphatic rings. The molecule has 0 bridgehead atoms. The molecule has 0 amide bonds. The molecule has 2 nitrogen and oxygen atoms in total. The van der Waals surface area contributed by atoms with Crippen LogP contribution < -0.4 is 0 Å². The van der Waals surface area contributed by atoms with Crippen LogP contribution in [0.4, 0.5) is 0 Å². The zero-order valence-corrected chi connectivity index (χ0v) is 7.25. The van der Waals surface area contributed by atoms with Gasteiger partial charge in [-0.05, 0) is 11.6 Å². The number of aliphatic hydroxyl groups is 1. The van der Waals surface area contributed by atoms with E-state index in [0.717, 1.165) is 22.0 Å². The standard InChI is InChI=1S/C11H11NO/c1-8(7-13)10-6-12-11-5-3-2-4-9(10)11/h2-6,12-13H,1,7H2. The van der Waals surface area contributed by atoms with Crippen molar-refractivity contribution >= 4 is 16.5 Å². The van der Waals surface area contributed by atoms with Gasteiger partial charge in [0.25, 0.3) is 0 Å². The smallest absolute Gasteiger partial charge is 0.0682 e. The van der Waals surface area contributed by atoms with Crippen molar-refractivity contribution in [3.05, 3.63) is 42.6 Å². The summed E-state index contributed by atoms with van der Waals surface area (Å²) in [5.41, 5.74) is 2.82. The SMILES string of the molecule is C=C(CO)c1c[nH]c2ccccc12. The van der Waals surface area contributed by atoms with Crippen LogP contribution in [0.25, 0.3) is 16.5 Å². The van der Waals surface area contributed by atoms with Gasteiger partial charge in [0.15, 0.2) is 0 Å². The molecular weight excluding hydrogens is 162 g/mol. The zero-order chi connectivity index (χ0) is 9.26. The van der Waals surface area contributed by atoms with Crippen molar-refractivity contribution in [3.8, 4) is 0 Å². The van der Waals surface area contributed by atoms with Gasteiger partial charge in [0.1, 0.15) is 0 Å². The molecular formula is C11H11NO. The minimum atomic E-state index is 0.00183. The van der Waals surface area contributed by atoms with Crippen molar-refractivity contribution in [1.29, 1.82) is 0 Å². The molecule has 2 N–H and O–H groups in total. The van der Waals surface area contributed by atoms with E-state index >= 15 is 0 Å². The Kier molecular flexibility index (Phi) is 1.91. The summed E-state index contributed by atoms with van der Waals surface area (Å²) in [5, 5.41) is 10.1. The Morgan fingerprint density at radius 3 is 2.92 bits per heavy atom. The summed E-state index contributed by atoms with van der Waals surface area (Å²) in [6.45, 7) is 3.80. The lowest BCUT2D eigenvalue weighted by Crippen LogP contribution is -1.85. The van der Waals surface area contributed by atoms with Crippen LogP contribution in [0.1, 0.15) is 5.56 Å². The van der Waals surface area contributed by atoms with Gasteiger partial charge in [-0.25, -0.2) is 0 Å². The van der Waals surface area contributed by atoms with Crippen molar-refractivity contribution in [2.45, 2.75) is 0 Å². The molecule has 66 valence electrons. The summed E-state index contributed by atoms with van der Waals surface area (Å²) in [5.74, 6) is 0. The number of aromatic nitrogens is 1. The Labute approximate surface area is 76.5 Å². The van der Waals surface area contributed by atoms with E-state index in [2.05, 4.69) is 11.6 Å². The molecule has 1 heterocycles. The van der Waals surface area contributed by atoms with Crippen molar-refractivity contribution < 1.29 is 5.11 Å². The van der Waals surface area contributed by atoms with Crippen LogP contribution in [-0.2, 0) is 0 Å². The second kappa shape index (κ2) is 3.07. The van der Waals surface area contributed by atoms with Gasteiger partial charge < -0.3 is 10.1 Å². The van der Waals surface area contributed by atoms with Crippen LogP contribution in [0.5, 0.6) is 0 Å². The molecule has 2 heteroatoms. The molecule has 0 radical (unpaired) electrons. The third-order valence-electron chi connectivity index (χ3n) is 2.16. The van der Waals surface area contributed by atoms with Gasteiger partial charge in [-0.15, -0.1) is 0 Å². The highest BCUT2D eigenvalue weighted by Gasteiger charge is 2.04. The van der Waals surface area contributed by atoms with E-state index in [-0.39, 0.29) is 6.61 Å². The van der Waals surface area contributed by atoms with Crippen molar-refractivity contribution in [2.75, 3.05) is 6.61 Å². The number of hydrogen-bond acceptors (Lipinski definition) is 1. The van der Waals surface area contributed by atoms with Gasteiger partial charge in [-0.1, -0.05) is 24.8 Å². The Hall–Kier alpha value is -1.54. The lowest BCUT2D eigenvalue weighted by atomic mass is 10.1. The first-order chi connectivity index (χ1) is 6.33. The molecule has 0 aliphatic carbocycles. The second-order valence-corrected chi connectivity index (χ2v) is 3.01. The highest BCUT2D eigenvalue weighted by molar-refractivity contribution is 5.92. The maximum absolute atomic E-state index is 8.95. The fourth-order valence-electron chi connectivity index (χ4n) is 1.45. The summed E-state index contributed by atoms with van der Waals surface area (Å²) in [4.78, 5) is 3.13. The number of rotatable bonds is 2. The third-order valence-corrected chi connectivity index (χ3v) is 2.16. The molecule has 0 atom stereocenters. The summed E-state index contributed by atoms with van der Waals surface area (Å²) in [6, 6.07) is 7.97. The Balaban J connectivity index is 2.64. The largest absolute Gasteiger partial charge is 0.392 e. The number of benzene rings is 1. The minimum absolute atomic E-state index is 0.00183. The lowest BCUT2D eigenvalue weighted by Gasteiger charge is -1.98. The summed E-state index contributed by atoms with van der Waals surface area (Å²) >= 11 is 0. The van der Waals surface area contributed by atoms with Gasteiger partial charge in [0.05, 0.1) is 6.61 Å². The van der Waals surface area contributed by atoms with Crippen LogP contribution >= 0.6 is 0 Å². The quantitative estimate of drug-likeness (QED) is 0.717. The average molecular weight is 173 g/mol. The first kappa shape index (κ1) is 8.08. The normalized spacial score (nSPS) is 10.5. The molecule has 2 rings (SSSR count). The molecule has 13 heavy (non-hydrogen) atoms. The van der Waals surface area contributed by atoms with E-state index in [0.29, 0.717) is 0 Å². The topological polar surface area (TPSA) is 36.0 Å². The van der Waals surface area contributed by atoms with Crippen molar-refractivity contribution in [1.82, 2.24) is 4.98 Å². The molecule has 0 unspecified atom stereocenters. The highest BCUT2D eigenvalue weighted by Crippen LogP contribution is 2.22. The lowest BCUT2D eigenvalue weighted by molar-refractivity contribution is 0.350. The van der Waals surface area contributed by atoms with Crippen LogP contribution in [0.2, 0.25) is 0 Å². The second-order valence-electron chi connectivity index (χ2n) is 3.01. The molecule has 0 aliphatic heterocycles. The van der Waals surface area contributed by atoms with E-state index in [1.54, 1.807) is 0 Å². The molecule has 2 aromatic rings. The molecule has 0 saturated carbocycles. The van der Waals surface area contributed by atoms with Crippen LogP contribution in [0, 0.1) is 0 Å². The number of fused-ring (bicyclic) bond motifs is 1. The predicted molar refractivity (Wildman–Crippen MR) is 54.4 cm³/mol. The maximum Gasteiger partial charge on any atom is 0.0682 e. The number of aliphatic hydroxyl groups excluding tert-OH is 1. The molecule has 0 fully saturated rings. The van der Waals surface area contributed by atoms with Gasteiger partial charge in [0.2, 0.25) is 0 Å². The minimum Gasteiger partial charge on any atom is -0.392 e. The van der Waals surface area contributed by atoms with Gasteiger partial charge in [-0.3, -0.25) is 0 Å². The van der Waals surface area contributed by atoms with E-state index < -0.39 is 0 Å². The van der Waals surface area contributed by atoms with E-state index in [9.17, 15) is 0 Å². The summed E-state index contributed by atoms with van der Waals surface area (Å²) in [7, 11) is 0. The van der Waals surface area contributed by atoms with Crippen LogP contribution in [-0.4, -0.2) is 16.7 Å². The summed E-state index contributed by atoms with van der Waals surface area (Å²) in [6.07, 6.45) is 1.88. The van der Waals surface area contributed by atoms with Crippen molar-refractivity contribution in [2.24, 2.45) is 0 Å². The van der Waals surface area contributed by atoms with Crippen LogP contribution in [0.15, 0.2) is 37.0 Å². The highest BCUT2D eigenvalue weighted by atomic mass is 16.3. The fraction of sp³-hybridized carbons (Fsp3) is 0.0909.